The predicted octanol–water partition coefficient (Wildman–Crippen LogP) is 4.27. The number of likely N-dealkylation sites (tertiary alicyclic amines) is 2. The summed E-state index contributed by atoms with van der Waals surface area (Å²) in [6.45, 7) is 5.16. The van der Waals surface area contributed by atoms with Crippen LogP contribution < -0.4 is 10.6 Å². The molecule has 6 rings (SSSR count). The number of nitrogens with one attached hydrogen (secondary N) is 3. The standard InChI is InChI=1S/C32H35N7O3/c33-19-22-1-3-23(4-2-22)20-38-15-10-26(11-16-38)35-32(41)30-18-25-17-27(5-6-29(25)42-30)36-31(40)24-8-13-39(14-9-24)21-28-7-12-34-37-28/h1-7,12,17-18,24,26H,8-11,13-16,20-21H2,(H,34,37)(H,35,41)(H,36,40). The zero-order valence-electron chi connectivity index (χ0n) is 23.5. The van der Waals surface area contributed by atoms with Crippen LogP contribution in [0.1, 0.15) is 53.1 Å². The van der Waals surface area contributed by atoms with Gasteiger partial charge < -0.3 is 15.1 Å². The fourth-order valence-corrected chi connectivity index (χ4v) is 5.88. The lowest BCUT2D eigenvalue weighted by atomic mass is 9.95. The van der Waals surface area contributed by atoms with Gasteiger partial charge in [-0.3, -0.25) is 24.5 Å². The maximum absolute atomic E-state index is 13.0. The van der Waals surface area contributed by atoms with Gasteiger partial charge in [0, 0.05) is 61.1 Å². The first kappa shape index (κ1) is 27.7. The molecule has 2 aromatic carbocycles. The summed E-state index contributed by atoms with van der Waals surface area (Å²) >= 11 is 0. The normalized spacial score (nSPS) is 17.2. The van der Waals surface area contributed by atoms with E-state index in [9.17, 15) is 9.59 Å². The summed E-state index contributed by atoms with van der Waals surface area (Å²) in [5.74, 6) is 0.0600. The summed E-state index contributed by atoms with van der Waals surface area (Å²) in [6, 6.07) is 19.1. The summed E-state index contributed by atoms with van der Waals surface area (Å²) in [5, 5.41) is 22.9. The van der Waals surface area contributed by atoms with E-state index >= 15 is 0 Å². The number of nitriles is 1. The highest BCUT2D eigenvalue weighted by Crippen LogP contribution is 2.26. The van der Waals surface area contributed by atoms with Crippen molar-refractivity contribution in [3.05, 3.63) is 83.4 Å². The molecule has 2 aromatic heterocycles. The van der Waals surface area contributed by atoms with E-state index in [2.05, 4.69) is 36.7 Å². The molecule has 2 aliphatic heterocycles. The summed E-state index contributed by atoms with van der Waals surface area (Å²) in [5.41, 5.74) is 4.25. The predicted molar refractivity (Wildman–Crippen MR) is 158 cm³/mol. The monoisotopic (exact) mass is 565 g/mol. The SMILES string of the molecule is N#Cc1ccc(CN2CCC(NC(=O)c3cc4cc(NC(=O)C5CCN(Cc6ccn[nH]6)CC5)ccc4o3)CC2)cc1. The molecule has 0 radical (unpaired) electrons. The Labute approximate surface area is 244 Å². The van der Waals surface area contributed by atoms with E-state index in [1.165, 1.54) is 5.56 Å². The largest absolute Gasteiger partial charge is 0.451 e. The molecule has 42 heavy (non-hydrogen) atoms. The van der Waals surface area contributed by atoms with Gasteiger partial charge in [-0.25, -0.2) is 0 Å². The minimum Gasteiger partial charge on any atom is -0.451 e. The van der Waals surface area contributed by atoms with Gasteiger partial charge in [0.2, 0.25) is 5.91 Å². The Morgan fingerprint density at radius 2 is 1.69 bits per heavy atom. The van der Waals surface area contributed by atoms with Gasteiger partial charge in [-0.2, -0.15) is 10.4 Å². The van der Waals surface area contributed by atoms with Gasteiger partial charge >= 0.3 is 0 Å². The minimum absolute atomic E-state index is 0.0278. The van der Waals surface area contributed by atoms with Crippen molar-refractivity contribution in [2.45, 2.75) is 44.8 Å². The van der Waals surface area contributed by atoms with E-state index in [1.54, 1.807) is 18.3 Å². The van der Waals surface area contributed by atoms with Crippen molar-refractivity contribution in [1.82, 2.24) is 25.3 Å². The smallest absolute Gasteiger partial charge is 0.287 e. The number of aromatic amines is 1. The fraction of sp³-hybridized carbons (Fsp3) is 0.375. The molecule has 2 aliphatic rings. The van der Waals surface area contributed by atoms with Crippen LogP contribution in [-0.2, 0) is 17.9 Å². The number of H-pyrrole nitrogens is 1. The van der Waals surface area contributed by atoms with Crippen molar-refractivity contribution in [1.29, 1.82) is 5.26 Å². The Balaban J connectivity index is 0.975. The highest BCUT2D eigenvalue weighted by atomic mass is 16.3. The highest BCUT2D eigenvalue weighted by molar-refractivity contribution is 5.98. The molecule has 0 saturated carbocycles. The van der Waals surface area contributed by atoms with Gasteiger partial charge in [-0.05, 0) is 86.8 Å². The Kier molecular flexibility index (Phi) is 8.30. The summed E-state index contributed by atoms with van der Waals surface area (Å²) in [4.78, 5) is 30.7. The Bertz CT molecular complexity index is 1560. The van der Waals surface area contributed by atoms with Crippen LogP contribution in [0.3, 0.4) is 0 Å². The molecule has 0 atom stereocenters. The van der Waals surface area contributed by atoms with Crippen LogP contribution >= 0.6 is 0 Å². The number of piperidine rings is 2. The topological polar surface area (TPSA) is 130 Å². The van der Waals surface area contributed by atoms with E-state index in [1.807, 2.05) is 42.5 Å². The molecule has 10 nitrogen and oxygen atoms in total. The number of hydrogen-bond donors (Lipinski definition) is 3. The molecule has 0 bridgehead atoms. The second-order valence-electron chi connectivity index (χ2n) is 11.3. The van der Waals surface area contributed by atoms with Crippen LogP contribution in [0, 0.1) is 17.2 Å². The lowest BCUT2D eigenvalue weighted by Gasteiger charge is -2.32. The average Bonchev–Trinajstić information content (AvgIpc) is 3.69. The molecule has 4 aromatic rings. The number of hydrogen-bond acceptors (Lipinski definition) is 7. The van der Waals surface area contributed by atoms with E-state index in [0.29, 0.717) is 16.8 Å². The second kappa shape index (κ2) is 12.6. The van der Waals surface area contributed by atoms with Crippen molar-refractivity contribution in [3.63, 3.8) is 0 Å². The Morgan fingerprint density at radius 3 is 2.40 bits per heavy atom. The summed E-state index contributed by atoms with van der Waals surface area (Å²) < 4.78 is 5.85. The molecule has 2 amide bonds. The number of carbonyl (C=O) groups is 2. The van der Waals surface area contributed by atoms with Gasteiger partial charge in [0.15, 0.2) is 5.76 Å². The third kappa shape index (κ3) is 6.70. The van der Waals surface area contributed by atoms with Crippen LogP contribution in [0.2, 0.25) is 0 Å². The van der Waals surface area contributed by atoms with Gasteiger partial charge in [-0.1, -0.05) is 12.1 Å². The number of benzene rings is 2. The summed E-state index contributed by atoms with van der Waals surface area (Å²) in [6.07, 6.45) is 5.11. The first-order valence-corrected chi connectivity index (χ1v) is 14.6. The zero-order valence-corrected chi connectivity index (χ0v) is 23.5. The molecule has 10 heteroatoms. The van der Waals surface area contributed by atoms with Crippen molar-refractivity contribution in [2.75, 3.05) is 31.5 Å². The van der Waals surface area contributed by atoms with Crippen molar-refractivity contribution in [3.8, 4) is 6.07 Å². The average molecular weight is 566 g/mol. The maximum Gasteiger partial charge on any atom is 0.287 e. The third-order valence-electron chi connectivity index (χ3n) is 8.33. The van der Waals surface area contributed by atoms with Gasteiger partial charge in [0.05, 0.1) is 11.6 Å². The van der Waals surface area contributed by atoms with Crippen molar-refractivity contribution in [2.24, 2.45) is 5.92 Å². The van der Waals surface area contributed by atoms with Crippen LogP contribution in [0.25, 0.3) is 11.0 Å². The molecule has 0 unspecified atom stereocenters. The number of amides is 2. The molecule has 216 valence electrons. The van der Waals surface area contributed by atoms with E-state index in [4.69, 9.17) is 9.68 Å². The lowest BCUT2D eigenvalue weighted by molar-refractivity contribution is -0.121. The molecular weight excluding hydrogens is 530 g/mol. The first-order valence-electron chi connectivity index (χ1n) is 14.6. The highest BCUT2D eigenvalue weighted by Gasteiger charge is 2.26. The number of nitrogens with zero attached hydrogens (tertiary/aromatic N) is 4. The van der Waals surface area contributed by atoms with E-state index < -0.39 is 0 Å². The van der Waals surface area contributed by atoms with Gasteiger partial charge in [-0.15, -0.1) is 0 Å². The zero-order chi connectivity index (χ0) is 28.9. The Morgan fingerprint density at radius 1 is 0.952 bits per heavy atom. The first-order chi connectivity index (χ1) is 20.5. The molecule has 0 aliphatic carbocycles. The molecule has 2 fully saturated rings. The van der Waals surface area contributed by atoms with Crippen LogP contribution in [-0.4, -0.2) is 64.0 Å². The quantitative estimate of drug-likeness (QED) is 0.291. The fourth-order valence-electron chi connectivity index (χ4n) is 5.88. The number of rotatable bonds is 8. The molecule has 2 saturated heterocycles. The molecular formula is C32H35N7O3. The number of carbonyl (C=O) groups excluding carboxylic acids is 2. The van der Waals surface area contributed by atoms with Crippen LogP contribution in [0.4, 0.5) is 5.69 Å². The van der Waals surface area contributed by atoms with Crippen LogP contribution in [0.15, 0.2) is 65.2 Å². The van der Waals surface area contributed by atoms with Crippen molar-refractivity contribution < 1.29 is 14.0 Å². The Hall–Kier alpha value is -4.46. The lowest BCUT2D eigenvalue weighted by Crippen LogP contribution is -2.44. The summed E-state index contributed by atoms with van der Waals surface area (Å²) in [7, 11) is 0. The van der Waals surface area contributed by atoms with Gasteiger partial charge in [0.25, 0.3) is 5.91 Å². The molecule has 3 N–H and O–H groups in total. The number of furan rings is 1. The van der Waals surface area contributed by atoms with Crippen molar-refractivity contribution >= 4 is 28.5 Å². The number of anilines is 1. The van der Waals surface area contributed by atoms with E-state index in [0.717, 1.165) is 76.0 Å². The minimum atomic E-state index is -0.218. The number of aromatic nitrogens is 2. The molecule has 4 heterocycles. The second-order valence-corrected chi connectivity index (χ2v) is 11.3. The van der Waals surface area contributed by atoms with E-state index in [-0.39, 0.29) is 29.5 Å². The third-order valence-corrected chi connectivity index (χ3v) is 8.33. The number of fused-ring (bicyclic) bond motifs is 1. The maximum atomic E-state index is 13.0. The van der Waals surface area contributed by atoms with Crippen LogP contribution in [0.5, 0.6) is 0 Å². The van der Waals surface area contributed by atoms with Gasteiger partial charge in [0.1, 0.15) is 5.58 Å². The molecule has 0 spiro atoms.